The van der Waals surface area contributed by atoms with E-state index in [0.717, 1.165) is 50.5 Å². The number of ether oxygens (including phenoxy) is 2. The number of carbonyl (C=O) groups is 1. The number of fused-ring (bicyclic) bond motifs is 1. The first-order valence-electron chi connectivity index (χ1n) is 11.4. The zero-order valence-electron chi connectivity index (χ0n) is 18.8. The SMILES string of the molecule is CCOCC1(CCc2ccccc2)CCN(Cc2ccc3c(c2)COC(=O)N3C)CC1. The highest BCUT2D eigenvalue weighted by Crippen LogP contribution is 2.37. The summed E-state index contributed by atoms with van der Waals surface area (Å²) in [5.74, 6) is 0. The van der Waals surface area contributed by atoms with Gasteiger partial charge in [0.15, 0.2) is 0 Å². The Morgan fingerprint density at radius 3 is 2.58 bits per heavy atom. The third-order valence-corrected chi connectivity index (χ3v) is 6.85. The molecule has 4 rings (SSSR count). The molecule has 0 aromatic heterocycles. The molecule has 166 valence electrons. The summed E-state index contributed by atoms with van der Waals surface area (Å²) >= 11 is 0. The molecule has 0 aliphatic carbocycles. The average molecular weight is 423 g/mol. The zero-order valence-corrected chi connectivity index (χ0v) is 18.8. The second kappa shape index (κ2) is 9.84. The fraction of sp³-hybridized carbons (Fsp3) is 0.500. The molecule has 1 amide bonds. The van der Waals surface area contributed by atoms with E-state index >= 15 is 0 Å². The Kier molecular flexibility index (Phi) is 6.93. The fourth-order valence-corrected chi connectivity index (χ4v) is 4.80. The largest absolute Gasteiger partial charge is 0.444 e. The lowest BCUT2D eigenvalue weighted by molar-refractivity contribution is -0.00233. The molecule has 0 N–H and O–H groups in total. The maximum Gasteiger partial charge on any atom is 0.414 e. The number of cyclic esters (lactones) is 1. The maximum atomic E-state index is 11.7. The van der Waals surface area contributed by atoms with Gasteiger partial charge in [0.2, 0.25) is 0 Å². The first-order valence-corrected chi connectivity index (χ1v) is 11.4. The van der Waals surface area contributed by atoms with E-state index in [1.165, 1.54) is 30.4 Å². The Hall–Kier alpha value is -2.37. The van der Waals surface area contributed by atoms with Crippen LogP contribution in [0.15, 0.2) is 48.5 Å². The van der Waals surface area contributed by atoms with Crippen molar-refractivity contribution in [2.24, 2.45) is 5.41 Å². The molecule has 0 saturated carbocycles. The Bertz CT molecular complexity index is 875. The van der Waals surface area contributed by atoms with Crippen LogP contribution in [-0.2, 0) is 29.0 Å². The van der Waals surface area contributed by atoms with Crippen molar-refractivity contribution in [3.63, 3.8) is 0 Å². The number of aryl methyl sites for hydroxylation is 1. The summed E-state index contributed by atoms with van der Waals surface area (Å²) < 4.78 is 11.2. The van der Waals surface area contributed by atoms with E-state index in [1.54, 1.807) is 11.9 Å². The Morgan fingerprint density at radius 1 is 1.06 bits per heavy atom. The molecule has 2 heterocycles. The molecule has 31 heavy (non-hydrogen) atoms. The van der Waals surface area contributed by atoms with Crippen molar-refractivity contribution < 1.29 is 14.3 Å². The molecule has 0 radical (unpaired) electrons. The lowest BCUT2D eigenvalue weighted by Crippen LogP contribution is -2.42. The van der Waals surface area contributed by atoms with Crippen molar-refractivity contribution in [3.05, 3.63) is 65.2 Å². The van der Waals surface area contributed by atoms with Gasteiger partial charge in [-0.05, 0) is 74.4 Å². The number of anilines is 1. The van der Waals surface area contributed by atoms with Gasteiger partial charge in [-0.1, -0.05) is 36.4 Å². The molecule has 1 saturated heterocycles. The third kappa shape index (κ3) is 5.28. The second-order valence-electron chi connectivity index (χ2n) is 8.98. The minimum Gasteiger partial charge on any atom is -0.444 e. The molecule has 0 spiro atoms. The summed E-state index contributed by atoms with van der Waals surface area (Å²) in [6.45, 7) is 7.22. The average Bonchev–Trinajstić information content (AvgIpc) is 2.81. The number of benzene rings is 2. The molecule has 2 aliphatic heterocycles. The number of amides is 1. The Morgan fingerprint density at radius 2 is 1.84 bits per heavy atom. The molecule has 5 nitrogen and oxygen atoms in total. The number of piperidine rings is 1. The highest BCUT2D eigenvalue weighted by Gasteiger charge is 2.34. The van der Waals surface area contributed by atoms with Crippen LogP contribution in [0.2, 0.25) is 0 Å². The number of hydrogen-bond acceptors (Lipinski definition) is 4. The molecule has 0 atom stereocenters. The first kappa shape index (κ1) is 21.8. The number of carbonyl (C=O) groups excluding carboxylic acids is 1. The normalized spacial score (nSPS) is 18.5. The minimum absolute atomic E-state index is 0.273. The maximum absolute atomic E-state index is 11.7. The number of rotatable bonds is 8. The van der Waals surface area contributed by atoms with Crippen LogP contribution in [0.4, 0.5) is 10.5 Å². The van der Waals surface area contributed by atoms with Gasteiger partial charge < -0.3 is 9.47 Å². The minimum atomic E-state index is -0.280. The summed E-state index contributed by atoms with van der Waals surface area (Å²) in [5.41, 5.74) is 5.02. The summed E-state index contributed by atoms with van der Waals surface area (Å²) in [7, 11) is 1.76. The quantitative estimate of drug-likeness (QED) is 0.599. The topological polar surface area (TPSA) is 42.0 Å². The number of hydrogen-bond donors (Lipinski definition) is 0. The van der Waals surface area contributed by atoms with Gasteiger partial charge in [-0.15, -0.1) is 0 Å². The smallest absolute Gasteiger partial charge is 0.414 e. The van der Waals surface area contributed by atoms with Gasteiger partial charge in [-0.2, -0.15) is 0 Å². The van der Waals surface area contributed by atoms with E-state index in [-0.39, 0.29) is 11.5 Å². The molecule has 0 bridgehead atoms. The first-order chi connectivity index (χ1) is 15.1. The molecular weight excluding hydrogens is 388 g/mol. The van der Waals surface area contributed by atoms with E-state index in [0.29, 0.717) is 6.61 Å². The van der Waals surface area contributed by atoms with Crippen LogP contribution in [0.5, 0.6) is 0 Å². The summed E-state index contributed by atoms with van der Waals surface area (Å²) in [6.07, 6.45) is 4.36. The van der Waals surface area contributed by atoms with Gasteiger partial charge in [-0.3, -0.25) is 9.80 Å². The highest BCUT2D eigenvalue weighted by molar-refractivity contribution is 5.89. The van der Waals surface area contributed by atoms with Crippen molar-refractivity contribution in [1.82, 2.24) is 4.90 Å². The van der Waals surface area contributed by atoms with E-state index < -0.39 is 0 Å². The molecule has 2 aromatic rings. The van der Waals surface area contributed by atoms with Crippen LogP contribution in [-0.4, -0.2) is 44.3 Å². The van der Waals surface area contributed by atoms with Crippen LogP contribution in [0, 0.1) is 5.41 Å². The van der Waals surface area contributed by atoms with Crippen molar-refractivity contribution >= 4 is 11.8 Å². The van der Waals surface area contributed by atoms with Crippen LogP contribution in [0.3, 0.4) is 0 Å². The van der Waals surface area contributed by atoms with Gasteiger partial charge in [0.25, 0.3) is 0 Å². The molecular formula is C26H34N2O3. The predicted molar refractivity (Wildman–Crippen MR) is 123 cm³/mol. The third-order valence-electron chi connectivity index (χ3n) is 6.85. The summed E-state index contributed by atoms with van der Waals surface area (Å²) in [6, 6.07) is 17.2. The molecule has 1 fully saturated rings. The molecule has 2 aliphatic rings. The van der Waals surface area contributed by atoms with Crippen LogP contribution in [0.1, 0.15) is 42.9 Å². The van der Waals surface area contributed by atoms with Gasteiger partial charge >= 0.3 is 6.09 Å². The van der Waals surface area contributed by atoms with Crippen molar-refractivity contribution in [3.8, 4) is 0 Å². The van der Waals surface area contributed by atoms with Gasteiger partial charge in [0.1, 0.15) is 6.61 Å². The molecule has 2 aromatic carbocycles. The van der Waals surface area contributed by atoms with E-state index in [2.05, 4.69) is 54.3 Å². The van der Waals surface area contributed by atoms with E-state index in [4.69, 9.17) is 9.47 Å². The monoisotopic (exact) mass is 422 g/mol. The lowest BCUT2D eigenvalue weighted by Gasteiger charge is -2.42. The molecule has 0 unspecified atom stereocenters. The predicted octanol–water partition coefficient (Wildman–Crippen LogP) is 5.02. The van der Waals surface area contributed by atoms with Gasteiger partial charge in [-0.25, -0.2) is 4.79 Å². The van der Waals surface area contributed by atoms with Gasteiger partial charge in [0, 0.05) is 25.8 Å². The Labute approximate surface area is 185 Å². The number of nitrogens with zero attached hydrogens (tertiary/aromatic N) is 2. The van der Waals surface area contributed by atoms with Crippen molar-refractivity contribution in [2.75, 3.05) is 38.3 Å². The van der Waals surface area contributed by atoms with Crippen LogP contribution >= 0.6 is 0 Å². The highest BCUT2D eigenvalue weighted by atomic mass is 16.6. The standard InChI is InChI=1S/C26H34N2O3/c1-3-30-20-26(12-11-21-7-5-4-6-8-21)13-15-28(16-14-26)18-22-9-10-24-23(17-22)19-31-25(29)27(24)2/h4-10,17H,3,11-16,18-20H2,1-2H3. The summed E-state index contributed by atoms with van der Waals surface area (Å²) in [4.78, 5) is 15.9. The van der Waals surface area contributed by atoms with Crippen molar-refractivity contribution in [1.29, 1.82) is 0 Å². The summed E-state index contributed by atoms with van der Waals surface area (Å²) in [5, 5.41) is 0. The van der Waals surface area contributed by atoms with Crippen LogP contribution < -0.4 is 4.90 Å². The van der Waals surface area contributed by atoms with Crippen LogP contribution in [0.25, 0.3) is 0 Å². The molecule has 5 heteroatoms. The van der Waals surface area contributed by atoms with E-state index in [1.807, 2.05) is 6.07 Å². The second-order valence-corrected chi connectivity index (χ2v) is 8.98. The fourth-order valence-electron chi connectivity index (χ4n) is 4.80. The van der Waals surface area contributed by atoms with E-state index in [9.17, 15) is 4.79 Å². The number of likely N-dealkylation sites (tertiary alicyclic amines) is 1. The lowest BCUT2D eigenvalue weighted by atomic mass is 9.74. The Balaban J connectivity index is 1.36. The van der Waals surface area contributed by atoms with Gasteiger partial charge in [0.05, 0.1) is 12.3 Å². The zero-order chi connectivity index (χ0) is 21.7. The van der Waals surface area contributed by atoms with Crippen molar-refractivity contribution in [2.45, 2.75) is 45.8 Å².